The van der Waals surface area contributed by atoms with Crippen LogP contribution in [-0.2, 0) is 13.0 Å². The van der Waals surface area contributed by atoms with Gasteiger partial charge in [0.1, 0.15) is 6.04 Å². The van der Waals surface area contributed by atoms with E-state index in [1.54, 1.807) is 11.3 Å². The molecule has 2 heterocycles. The van der Waals surface area contributed by atoms with E-state index in [4.69, 9.17) is 0 Å². The Bertz CT molecular complexity index is 598. The maximum atomic E-state index is 3.61. The second kappa shape index (κ2) is 3.59. The van der Waals surface area contributed by atoms with E-state index in [0.717, 1.165) is 6.04 Å². The van der Waals surface area contributed by atoms with Crippen molar-refractivity contribution in [3.05, 3.63) is 33.9 Å². The maximum Gasteiger partial charge on any atom is 0.127 e. The zero-order chi connectivity index (χ0) is 11.4. The molecule has 0 radical (unpaired) electrons. The molecule has 2 nitrogen and oxygen atoms in total. The largest absolute Gasteiger partial charge is 0.337 e. The molecular formula is C14H16BrN2+. The van der Waals surface area contributed by atoms with Gasteiger partial charge < -0.3 is 9.88 Å². The molecule has 17 heavy (non-hydrogen) atoms. The molecule has 0 saturated heterocycles. The van der Waals surface area contributed by atoms with E-state index >= 15 is 0 Å². The van der Waals surface area contributed by atoms with Crippen molar-refractivity contribution in [1.82, 2.24) is 4.57 Å². The fourth-order valence-corrected chi connectivity index (χ4v) is 3.97. The van der Waals surface area contributed by atoms with Gasteiger partial charge in [-0.25, -0.2) is 0 Å². The molecule has 0 amide bonds. The van der Waals surface area contributed by atoms with Gasteiger partial charge in [-0.2, -0.15) is 0 Å². The summed E-state index contributed by atoms with van der Waals surface area (Å²) >= 11 is 3.61. The van der Waals surface area contributed by atoms with Crippen LogP contribution in [0.2, 0.25) is 0 Å². The minimum Gasteiger partial charge on any atom is -0.337 e. The summed E-state index contributed by atoms with van der Waals surface area (Å²) in [5.41, 5.74) is 4.68. The number of hydrogen-bond acceptors (Lipinski definition) is 0. The molecule has 0 bridgehead atoms. The topological polar surface area (TPSA) is 21.5 Å². The van der Waals surface area contributed by atoms with Gasteiger partial charge in [0, 0.05) is 21.8 Å². The molecule has 2 aromatic rings. The Labute approximate surface area is 109 Å². The third kappa shape index (κ3) is 1.36. The third-order valence-corrected chi connectivity index (χ3v) is 4.76. The van der Waals surface area contributed by atoms with Crippen molar-refractivity contribution in [2.75, 3.05) is 6.54 Å². The van der Waals surface area contributed by atoms with Gasteiger partial charge in [0.15, 0.2) is 0 Å². The standard InChI is InChI=1S/C14H15BrN2/c15-9-4-5-13-11(8-9)10-2-1-3-12-14(10)17(13)7-6-16-12/h4-5,8,12,16H,1-3,6-7H2/p+1/t12-/m1/s1. The van der Waals surface area contributed by atoms with Crippen molar-refractivity contribution < 1.29 is 5.32 Å². The maximum absolute atomic E-state index is 3.61. The van der Waals surface area contributed by atoms with Crippen LogP contribution in [-0.4, -0.2) is 11.1 Å². The van der Waals surface area contributed by atoms with Crippen LogP contribution in [0.3, 0.4) is 0 Å². The number of nitrogens with two attached hydrogens (primary N) is 1. The molecule has 0 saturated carbocycles. The first-order valence-corrected chi connectivity index (χ1v) is 7.28. The SMILES string of the molecule is Brc1ccc2c(c1)c1c3n2CC[NH2+][C@@H]3CCC1. The van der Waals surface area contributed by atoms with Crippen molar-refractivity contribution in [2.24, 2.45) is 0 Å². The minimum atomic E-state index is 0.721. The molecule has 2 N–H and O–H groups in total. The van der Waals surface area contributed by atoms with Gasteiger partial charge in [-0.1, -0.05) is 15.9 Å². The number of quaternary nitrogens is 1. The Kier molecular flexibility index (Phi) is 2.15. The first-order valence-electron chi connectivity index (χ1n) is 6.48. The Hall–Kier alpha value is -0.800. The van der Waals surface area contributed by atoms with Gasteiger partial charge in [-0.15, -0.1) is 0 Å². The lowest BCUT2D eigenvalue weighted by Gasteiger charge is -2.27. The van der Waals surface area contributed by atoms with E-state index in [2.05, 4.69) is 44.0 Å². The smallest absolute Gasteiger partial charge is 0.127 e. The highest BCUT2D eigenvalue weighted by atomic mass is 79.9. The quantitative estimate of drug-likeness (QED) is 0.770. The molecule has 88 valence electrons. The first kappa shape index (κ1) is 10.2. The van der Waals surface area contributed by atoms with Crippen LogP contribution in [0, 0.1) is 0 Å². The second-order valence-corrected chi connectivity index (χ2v) is 6.12. The Balaban J connectivity index is 2.11. The van der Waals surface area contributed by atoms with Crippen molar-refractivity contribution in [1.29, 1.82) is 0 Å². The second-order valence-electron chi connectivity index (χ2n) is 5.20. The molecule has 2 aliphatic rings. The molecule has 4 rings (SSSR count). The summed E-state index contributed by atoms with van der Waals surface area (Å²) in [6.07, 6.45) is 3.96. The van der Waals surface area contributed by atoms with Crippen LogP contribution in [0.25, 0.3) is 10.9 Å². The number of benzene rings is 1. The number of fused-ring (bicyclic) bond motifs is 3. The zero-order valence-electron chi connectivity index (χ0n) is 9.75. The number of aryl methyl sites for hydroxylation is 1. The van der Waals surface area contributed by atoms with Crippen molar-refractivity contribution in [3.63, 3.8) is 0 Å². The number of hydrogen-bond donors (Lipinski definition) is 1. The zero-order valence-corrected chi connectivity index (χ0v) is 11.3. The lowest BCUT2D eigenvalue weighted by molar-refractivity contribution is -0.704. The van der Waals surface area contributed by atoms with Crippen molar-refractivity contribution in [3.8, 4) is 0 Å². The van der Waals surface area contributed by atoms with Crippen LogP contribution in [0.15, 0.2) is 22.7 Å². The van der Waals surface area contributed by atoms with E-state index < -0.39 is 0 Å². The Morgan fingerprint density at radius 1 is 1.35 bits per heavy atom. The fourth-order valence-electron chi connectivity index (χ4n) is 3.61. The predicted octanol–water partition coefficient (Wildman–Crippen LogP) is 2.36. The van der Waals surface area contributed by atoms with E-state index in [0.29, 0.717) is 0 Å². The van der Waals surface area contributed by atoms with Gasteiger partial charge in [-0.05, 0) is 36.6 Å². The Morgan fingerprint density at radius 2 is 2.29 bits per heavy atom. The first-order chi connectivity index (χ1) is 8.34. The predicted molar refractivity (Wildman–Crippen MR) is 72.1 cm³/mol. The van der Waals surface area contributed by atoms with E-state index in [1.807, 2.05) is 0 Å². The van der Waals surface area contributed by atoms with Crippen molar-refractivity contribution >= 4 is 26.8 Å². The molecule has 0 spiro atoms. The molecule has 1 aromatic heterocycles. The highest BCUT2D eigenvalue weighted by Crippen LogP contribution is 2.37. The molecule has 1 aromatic carbocycles. The summed E-state index contributed by atoms with van der Waals surface area (Å²) in [6.45, 7) is 2.40. The lowest BCUT2D eigenvalue weighted by atomic mass is 9.91. The van der Waals surface area contributed by atoms with Crippen LogP contribution in [0.1, 0.15) is 30.1 Å². The van der Waals surface area contributed by atoms with Gasteiger partial charge in [0.2, 0.25) is 0 Å². The van der Waals surface area contributed by atoms with E-state index in [9.17, 15) is 0 Å². The van der Waals surface area contributed by atoms with E-state index in [-0.39, 0.29) is 0 Å². The molecule has 0 unspecified atom stereocenters. The van der Waals surface area contributed by atoms with Crippen LogP contribution in [0.4, 0.5) is 0 Å². The highest BCUT2D eigenvalue weighted by Gasteiger charge is 2.32. The fraction of sp³-hybridized carbons (Fsp3) is 0.429. The summed E-state index contributed by atoms with van der Waals surface area (Å²) in [5, 5.41) is 4.01. The normalized spacial score (nSPS) is 22.8. The number of nitrogens with zero attached hydrogens (tertiary/aromatic N) is 1. The molecule has 3 heteroatoms. The summed E-state index contributed by atoms with van der Waals surface area (Å²) in [7, 11) is 0. The van der Waals surface area contributed by atoms with Crippen LogP contribution in [0.5, 0.6) is 0 Å². The monoisotopic (exact) mass is 291 g/mol. The lowest BCUT2D eigenvalue weighted by Crippen LogP contribution is -2.88. The average molecular weight is 292 g/mol. The van der Waals surface area contributed by atoms with Gasteiger partial charge >= 0.3 is 0 Å². The number of halogens is 1. The Morgan fingerprint density at radius 3 is 3.24 bits per heavy atom. The summed E-state index contributed by atoms with van der Waals surface area (Å²) < 4.78 is 3.77. The van der Waals surface area contributed by atoms with Crippen molar-refractivity contribution in [2.45, 2.75) is 31.8 Å². The minimum absolute atomic E-state index is 0.721. The highest BCUT2D eigenvalue weighted by molar-refractivity contribution is 9.10. The summed E-state index contributed by atoms with van der Waals surface area (Å²) in [5.74, 6) is 0. The van der Waals surface area contributed by atoms with Crippen LogP contribution >= 0.6 is 15.9 Å². The molecule has 1 aliphatic carbocycles. The van der Waals surface area contributed by atoms with E-state index in [1.165, 1.54) is 47.7 Å². The average Bonchev–Trinajstić information content (AvgIpc) is 2.67. The molecule has 0 fully saturated rings. The summed E-state index contributed by atoms with van der Waals surface area (Å²) in [6, 6.07) is 7.47. The van der Waals surface area contributed by atoms with Gasteiger partial charge in [0.05, 0.1) is 18.8 Å². The van der Waals surface area contributed by atoms with Gasteiger partial charge in [0.25, 0.3) is 0 Å². The van der Waals surface area contributed by atoms with Gasteiger partial charge in [-0.3, -0.25) is 0 Å². The summed E-state index contributed by atoms with van der Waals surface area (Å²) in [4.78, 5) is 0. The third-order valence-electron chi connectivity index (χ3n) is 4.27. The molecular weight excluding hydrogens is 276 g/mol. The molecule has 1 aliphatic heterocycles. The van der Waals surface area contributed by atoms with Crippen LogP contribution < -0.4 is 5.32 Å². The number of aromatic nitrogens is 1. The number of rotatable bonds is 0. The molecule has 1 atom stereocenters.